The van der Waals surface area contributed by atoms with Crippen molar-refractivity contribution in [2.75, 3.05) is 32.8 Å². The largest absolute Gasteiger partial charge is 0.379 e. The van der Waals surface area contributed by atoms with Gasteiger partial charge in [-0.05, 0) is 48.7 Å². The molecule has 0 aliphatic carbocycles. The van der Waals surface area contributed by atoms with Gasteiger partial charge in [0.25, 0.3) is 0 Å². The van der Waals surface area contributed by atoms with Gasteiger partial charge >= 0.3 is 0 Å². The monoisotopic (exact) mass is 451 g/mol. The Kier molecular flexibility index (Phi) is 6.21. The van der Waals surface area contributed by atoms with Gasteiger partial charge in [-0.3, -0.25) is 4.98 Å². The van der Waals surface area contributed by atoms with Crippen molar-refractivity contribution >= 4 is 20.0 Å². The molecule has 2 saturated heterocycles. The summed E-state index contributed by atoms with van der Waals surface area (Å²) in [5.41, 5.74) is 0.868. The lowest BCUT2D eigenvalue weighted by molar-refractivity contribution is 0.0730. The van der Waals surface area contributed by atoms with Crippen LogP contribution in [0, 0.1) is 0 Å². The number of benzene rings is 1. The number of piperidine rings is 1. The molecule has 0 unspecified atom stereocenters. The van der Waals surface area contributed by atoms with Crippen molar-refractivity contribution in [3.05, 3.63) is 54.4 Å². The topological polar surface area (TPSA) is 96.9 Å². The first-order chi connectivity index (χ1) is 14.4. The highest BCUT2D eigenvalue weighted by Crippen LogP contribution is 2.35. The summed E-state index contributed by atoms with van der Waals surface area (Å²) in [7, 11) is -7.44. The van der Waals surface area contributed by atoms with Gasteiger partial charge in [-0.15, -0.1) is 0 Å². The van der Waals surface area contributed by atoms with Gasteiger partial charge in [0.1, 0.15) is 0 Å². The molecule has 3 heterocycles. The van der Waals surface area contributed by atoms with E-state index in [4.69, 9.17) is 4.74 Å². The molecular formula is C20H25N3O5S2. The molecule has 0 saturated carbocycles. The Bertz CT molecular complexity index is 1070. The lowest BCUT2D eigenvalue weighted by Crippen LogP contribution is -2.40. The summed E-state index contributed by atoms with van der Waals surface area (Å²) in [6.07, 6.45) is 5.84. The smallest absolute Gasteiger partial charge is 0.243 e. The predicted octanol–water partition coefficient (Wildman–Crippen LogP) is 2.02. The number of sulfonamides is 2. The standard InChI is InChI=1S/C20H25N3O5S2/c24-29(25,22-12-14-28-15-13-22)18-6-8-19(9-7-18)30(26,27)23-11-2-1-5-20(23)17-4-3-10-21-16-17/h3-4,6-10,16,20H,1-2,5,11-15H2/t20-/m1/s1. The van der Waals surface area contributed by atoms with E-state index in [2.05, 4.69) is 4.98 Å². The Hall–Kier alpha value is -1.85. The quantitative estimate of drug-likeness (QED) is 0.690. The minimum absolute atomic E-state index is 0.0887. The van der Waals surface area contributed by atoms with Crippen LogP contribution < -0.4 is 0 Å². The number of pyridine rings is 1. The van der Waals surface area contributed by atoms with Gasteiger partial charge in [-0.2, -0.15) is 8.61 Å². The van der Waals surface area contributed by atoms with Gasteiger partial charge in [0, 0.05) is 32.0 Å². The number of hydrogen-bond acceptors (Lipinski definition) is 6. The summed E-state index contributed by atoms with van der Waals surface area (Å²) < 4.78 is 60.4. The van der Waals surface area contributed by atoms with Crippen LogP contribution in [0.4, 0.5) is 0 Å². The molecule has 4 rings (SSSR count). The molecule has 30 heavy (non-hydrogen) atoms. The summed E-state index contributed by atoms with van der Waals surface area (Å²) in [4.78, 5) is 4.32. The minimum atomic E-state index is -3.77. The molecule has 0 bridgehead atoms. The van der Waals surface area contributed by atoms with Crippen LogP contribution in [0.15, 0.2) is 58.6 Å². The summed E-state index contributed by atoms with van der Waals surface area (Å²) in [6, 6.07) is 8.95. The minimum Gasteiger partial charge on any atom is -0.379 e. The first-order valence-corrected chi connectivity index (χ1v) is 12.9. The van der Waals surface area contributed by atoms with Crippen LogP contribution in [-0.4, -0.2) is 63.3 Å². The molecule has 10 heteroatoms. The SMILES string of the molecule is O=S(=O)(c1ccc(S(=O)(=O)N2CCCC[C@@H]2c2cccnc2)cc1)N1CCOCC1. The second-order valence-corrected chi connectivity index (χ2v) is 11.2. The highest BCUT2D eigenvalue weighted by Gasteiger charge is 2.35. The number of morpholine rings is 1. The van der Waals surface area contributed by atoms with Gasteiger partial charge in [-0.1, -0.05) is 12.5 Å². The lowest BCUT2D eigenvalue weighted by Gasteiger charge is -2.34. The van der Waals surface area contributed by atoms with Crippen molar-refractivity contribution in [1.82, 2.24) is 13.6 Å². The van der Waals surface area contributed by atoms with Gasteiger partial charge in [0.05, 0.1) is 29.0 Å². The van der Waals surface area contributed by atoms with Crippen molar-refractivity contribution in [2.24, 2.45) is 0 Å². The molecule has 1 aromatic heterocycles. The van der Waals surface area contributed by atoms with E-state index < -0.39 is 20.0 Å². The predicted molar refractivity (Wildman–Crippen MR) is 111 cm³/mol. The molecule has 162 valence electrons. The fourth-order valence-corrected chi connectivity index (χ4v) is 7.04. The van der Waals surface area contributed by atoms with Crippen molar-refractivity contribution in [3.8, 4) is 0 Å². The average molecular weight is 452 g/mol. The molecule has 2 aromatic rings. The van der Waals surface area contributed by atoms with E-state index in [9.17, 15) is 16.8 Å². The van der Waals surface area contributed by atoms with Gasteiger partial charge in [-0.25, -0.2) is 16.8 Å². The Balaban J connectivity index is 1.61. The van der Waals surface area contributed by atoms with Gasteiger partial charge in [0.2, 0.25) is 20.0 Å². The lowest BCUT2D eigenvalue weighted by atomic mass is 9.99. The fraction of sp³-hybridized carbons (Fsp3) is 0.450. The molecular weight excluding hydrogens is 426 g/mol. The maximum absolute atomic E-state index is 13.4. The van der Waals surface area contributed by atoms with E-state index in [1.54, 1.807) is 18.5 Å². The Morgan fingerprint density at radius 2 is 1.53 bits per heavy atom. The van der Waals surface area contributed by atoms with E-state index in [-0.39, 0.29) is 15.8 Å². The Morgan fingerprint density at radius 3 is 2.17 bits per heavy atom. The van der Waals surface area contributed by atoms with Crippen molar-refractivity contribution < 1.29 is 21.6 Å². The number of hydrogen-bond donors (Lipinski definition) is 0. The first kappa shape index (κ1) is 21.4. The molecule has 0 radical (unpaired) electrons. The highest BCUT2D eigenvalue weighted by molar-refractivity contribution is 7.89. The van der Waals surface area contributed by atoms with E-state index in [0.29, 0.717) is 32.8 Å². The molecule has 1 aromatic carbocycles. The number of rotatable bonds is 5. The Morgan fingerprint density at radius 1 is 0.867 bits per heavy atom. The molecule has 0 spiro atoms. The summed E-state index contributed by atoms with van der Waals surface area (Å²) >= 11 is 0. The van der Waals surface area contributed by atoms with Crippen molar-refractivity contribution in [1.29, 1.82) is 0 Å². The van der Waals surface area contributed by atoms with Crippen molar-refractivity contribution in [3.63, 3.8) is 0 Å². The van der Waals surface area contributed by atoms with E-state index in [1.807, 2.05) is 6.07 Å². The van der Waals surface area contributed by atoms with Crippen molar-refractivity contribution in [2.45, 2.75) is 35.1 Å². The van der Waals surface area contributed by atoms with Crippen LogP contribution in [0.1, 0.15) is 30.9 Å². The van der Waals surface area contributed by atoms with Crippen LogP contribution >= 0.6 is 0 Å². The zero-order valence-electron chi connectivity index (χ0n) is 16.6. The molecule has 2 aliphatic heterocycles. The molecule has 1 atom stereocenters. The molecule has 2 aliphatic rings. The van der Waals surface area contributed by atoms with Crippen LogP contribution in [-0.2, 0) is 24.8 Å². The third-order valence-corrected chi connectivity index (χ3v) is 9.40. The zero-order chi connectivity index (χ0) is 21.2. The van der Waals surface area contributed by atoms with E-state index in [1.165, 1.54) is 32.9 Å². The molecule has 0 N–H and O–H groups in total. The number of ether oxygens (including phenoxy) is 1. The molecule has 8 nitrogen and oxygen atoms in total. The summed E-state index contributed by atoms with van der Waals surface area (Å²) in [6.45, 7) is 1.73. The fourth-order valence-electron chi connectivity index (χ4n) is 3.95. The second kappa shape index (κ2) is 8.72. The number of aromatic nitrogens is 1. The second-order valence-electron chi connectivity index (χ2n) is 7.40. The van der Waals surface area contributed by atoms with Crippen LogP contribution in [0.5, 0.6) is 0 Å². The first-order valence-electron chi connectivity index (χ1n) is 10.0. The summed E-state index contributed by atoms with van der Waals surface area (Å²) in [5.74, 6) is 0. The number of nitrogens with zero attached hydrogens (tertiary/aromatic N) is 3. The van der Waals surface area contributed by atoms with Gasteiger partial charge in [0.15, 0.2) is 0 Å². The van der Waals surface area contributed by atoms with Crippen LogP contribution in [0.2, 0.25) is 0 Å². The Labute approximate surface area is 177 Å². The van der Waals surface area contributed by atoms with E-state index in [0.717, 1.165) is 24.8 Å². The molecule has 0 amide bonds. The zero-order valence-corrected chi connectivity index (χ0v) is 18.2. The van der Waals surface area contributed by atoms with Crippen LogP contribution in [0.25, 0.3) is 0 Å². The highest BCUT2D eigenvalue weighted by atomic mass is 32.2. The van der Waals surface area contributed by atoms with Gasteiger partial charge < -0.3 is 4.74 Å². The molecule has 2 fully saturated rings. The van der Waals surface area contributed by atoms with Crippen LogP contribution in [0.3, 0.4) is 0 Å². The maximum Gasteiger partial charge on any atom is 0.243 e. The normalized spacial score (nSPS) is 22.1. The summed E-state index contributed by atoms with van der Waals surface area (Å²) in [5, 5.41) is 0. The van der Waals surface area contributed by atoms with E-state index >= 15 is 0 Å². The average Bonchev–Trinajstić information content (AvgIpc) is 2.80. The third-order valence-electron chi connectivity index (χ3n) is 5.56. The maximum atomic E-state index is 13.4. The third kappa shape index (κ3) is 4.15.